The Bertz CT molecular complexity index is 1430. The minimum Gasteiger partial charge on any atom is -0.467 e. The molecule has 4 aromatic rings. The molecule has 0 radical (unpaired) electrons. The minimum absolute atomic E-state index is 0.149. The summed E-state index contributed by atoms with van der Waals surface area (Å²) in [4.78, 5) is 23.1. The highest BCUT2D eigenvalue weighted by molar-refractivity contribution is 7.90. The Morgan fingerprint density at radius 3 is 2.43 bits per heavy atom. The number of hydrogen-bond acceptors (Lipinski definition) is 7. The molecule has 0 aliphatic rings. The zero-order valence-corrected chi connectivity index (χ0v) is 20.1. The quantitative estimate of drug-likeness (QED) is 0.339. The molecule has 0 spiro atoms. The van der Waals surface area contributed by atoms with Crippen molar-refractivity contribution in [1.29, 1.82) is 0 Å². The number of amides is 1. The molecule has 2 heterocycles. The SMILES string of the molecule is CS(=O)(=O)c1ncc(N(Cc2ccc(F)cc2)Cc2ccco2)c(C(=O)Nc2ccc(Cl)cc2)n1. The van der Waals surface area contributed by atoms with Crippen LogP contribution in [0.1, 0.15) is 21.8 Å². The van der Waals surface area contributed by atoms with Crippen LogP contribution in [0.2, 0.25) is 5.02 Å². The summed E-state index contributed by atoms with van der Waals surface area (Å²) in [6.45, 7) is 0.455. The monoisotopic (exact) mass is 514 g/mol. The minimum atomic E-state index is -3.79. The lowest BCUT2D eigenvalue weighted by Gasteiger charge is -2.25. The van der Waals surface area contributed by atoms with Crippen LogP contribution in [0.3, 0.4) is 0 Å². The van der Waals surface area contributed by atoms with E-state index in [2.05, 4.69) is 15.3 Å². The number of halogens is 2. The van der Waals surface area contributed by atoms with Crippen LogP contribution in [-0.2, 0) is 22.9 Å². The second-order valence-corrected chi connectivity index (χ2v) is 10.0. The Balaban J connectivity index is 1.77. The molecule has 180 valence electrons. The second-order valence-electron chi connectivity index (χ2n) is 7.68. The number of hydrogen-bond donors (Lipinski definition) is 1. The number of furan rings is 1. The van der Waals surface area contributed by atoms with E-state index < -0.39 is 20.9 Å². The molecule has 0 unspecified atom stereocenters. The zero-order chi connectivity index (χ0) is 25.0. The van der Waals surface area contributed by atoms with Gasteiger partial charge in [0.25, 0.3) is 5.91 Å². The lowest BCUT2D eigenvalue weighted by Crippen LogP contribution is -2.27. The molecular formula is C24H20ClFN4O4S. The maximum Gasteiger partial charge on any atom is 0.276 e. The molecule has 8 nitrogen and oxygen atoms in total. The maximum absolute atomic E-state index is 13.4. The Morgan fingerprint density at radius 2 is 1.80 bits per heavy atom. The first kappa shape index (κ1) is 24.4. The van der Waals surface area contributed by atoms with Crippen molar-refractivity contribution < 1.29 is 22.0 Å². The number of anilines is 2. The van der Waals surface area contributed by atoms with Gasteiger partial charge >= 0.3 is 0 Å². The maximum atomic E-state index is 13.4. The first-order chi connectivity index (χ1) is 16.7. The van der Waals surface area contributed by atoms with Crippen LogP contribution in [0.15, 0.2) is 82.7 Å². The number of carbonyl (C=O) groups excluding carboxylic acids is 1. The third-order valence-corrected chi connectivity index (χ3v) is 6.06. The van der Waals surface area contributed by atoms with E-state index in [1.807, 2.05) is 0 Å². The highest BCUT2D eigenvalue weighted by Gasteiger charge is 2.24. The average Bonchev–Trinajstić information content (AvgIpc) is 3.34. The molecular weight excluding hydrogens is 495 g/mol. The summed E-state index contributed by atoms with van der Waals surface area (Å²) in [6.07, 6.45) is 3.76. The Labute approximate surface area is 206 Å². The van der Waals surface area contributed by atoms with Crippen LogP contribution in [0.4, 0.5) is 15.8 Å². The van der Waals surface area contributed by atoms with Crippen molar-refractivity contribution in [2.24, 2.45) is 0 Å². The molecule has 11 heteroatoms. The van der Waals surface area contributed by atoms with Gasteiger partial charge in [-0.25, -0.2) is 22.8 Å². The van der Waals surface area contributed by atoms with Crippen LogP contribution < -0.4 is 10.2 Å². The van der Waals surface area contributed by atoms with Crippen LogP contribution in [0.5, 0.6) is 0 Å². The van der Waals surface area contributed by atoms with Gasteiger partial charge in [0.2, 0.25) is 15.0 Å². The van der Waals surface area contributed by atoms with Gasteiger partial charge in [-0.2, -0.15) is 0 Å². The van der Waals surface area contributed by atoms with E-state index >= 15 is 0 Å². The van der Waals surface area contributed by atoms with E-state index in [4.69, 9.17) is 16.0 Å². The van der Waals surface area contributed by atoms with Crippen LogP contribution in [0, 0.1) is 5.82 Å². The summed E-state index contributed by atoms with van der Waals surface area (Å²) in [5.74, 6) is -0.434. The van der Waals surface area contributed by atoms with E-state index in [0.717, 1.165) is 11.8 Å². The number of carbonyl (C=O) groups is 1. The van der Waals surface area contributed by atoms with Crippen LogP contribution in [-0.4, -0.2) is 30.5 Å². The third-order valence-electron chi connectivity index (χ3n) is 4.95. The van der Waals surface area contributed by atoms with Gasteiger partial charge < -0.3 is 14.6 Å². The standard InChI is InChI=1S/C24H20ClFN4O4S/c1-35(32,33)24-27-13-21(22(29-24)23(31)28-19-10-6-17(25)7-11-19)30(15-20-3-2-12-34-20)14-16-4-8-18(26)9-5-16/h2-13H,14-15H2,1H3,(H,28,31). The molecule has 0 aliphatic carbocycles. The molecule has 0 atom stereocenters. The van der Waals surface area contributed by atoms with Gasteiger partial charge in [-0.1, -0.05) is 23.7 Å². The van der Waals surface area contributed by atoms with Crippen molar-refractivity contribution in [1.82, 2.24) is 9.97 Å². The fourth-order valence-corrected chi connectivity index (χ4v) is 3.91. The van der Waals surface area contributed by atoms with Crippen LogP contribution in [0.25, 0.3) is 0 Å². The number of aromatic nitrogens is 2. The van der Waals surface area contributed by atoms with Gasteiger partial charge in [0, 0.05) is 23.5 Å². The van der Waals surface area contributed by atoms with Crippen LogP contribution >= 0.6 is 11.6 Å². The lowest BCUT2D eigenvalue weighted by atomic mass is 10.1. The fraction of sp³-hybridized carbons (Fsp3) is 0.125. The molecule has 0 saturated carbocycles. The molecule has 4 rings (SSSR count). The van der Waals surface area contributed by atoms with Gasteiger partial charge in [-0.15, -0.1) is 0 Å². The zero-order valence-electron chi connectivity index (χ0n) is 18.5. The van der Waals surface area contributed by atoms with Gasteiger partial charge in [0.05, 0.1) is 24.7 Å². The van der Waals surface area contributed by atoms with Crippen molar-refractivity contribution in [3.05, 3.63) is 101 Å². The van der Waals surface area contributed by atoms with Gasteiger partial charge in [-0.3, -0.25) is 4.79 Å². The Kier molecular flexibility index (Phi) is 7.13. The summed E-state index contributed by atoms with van der Waals surface area (Å²) in [6, 6.07) is 15.8. The van der Waals surface area contributed by atoms with Crippen molar-refractivity contribution >= 4 is 38.7 Å². The third kappa shape index (κ3) is 6.23. The molecule has 0 fully saturated rings. The van der Waals surface area contributed by atoms with Gasteiger partial charge in [0.15, 0.2) is 5.69 Å². The summed E-state index contributed by atoms with van der Waals surface area (Å²) < 4.78 is 43.2. The predicted octanol–water partition coefficient (Wildman–Crippen LogP) is 4.72. The first-order valence-corrected chi connectivity index (χ1v) is 12.6. The van der Waals surface area contributed by atoms with E-state index in [1.165, 1.54) is 24.6 Å². The van der Waals surface area contributed by atoms with Gasteiger partial charge in [-0.05, 0) is 54.1 Å². The highest BCUT2D eigenvalue weighted by atomic mass is 35.5. The molecule has 0 saturated heterocycles. The average molecular weight is 515 g/mol. The molecule has 0 aliphatic heterocycles. The van der Waals surface area contributed by atoms with E-state index in [1.54, 1.807) is 53.4 Å². The van der Waals surface area contributed by atoms with Gasteiger partial charge in [0.1, 0.15) is 11.6 Å². The Hall–Kier alpha value is -3.76. The smallest absolute Gasteiger partial charge is 0.276 e. The summed E-state index contributed by atoms with van der Waals surface area (Å²) in [5, 5.41) is 2.72. The number of rotatable bonds is 8. The van der Waals surface area contributed by atoms with Crippen molar-refractivity contribution in [2.45, 2.75) is 18.2 Å². The van der Waals surface area contributed by atoms with E-state index in [0.29, 0.717) is 16.5 Å². The molecule has 2 aromatic heterocycles. The first-order valence-electron chi connectivity index (χ1n) is 10.3. The molecule has 2 aromatic carbocycles. The largest absolute Gasteiger partial charge is 0.467 e. The number of nitrogens with zero attached hydrogens (tertiary/aromatic N) is 3. The summed E-state index contributed by atoms with van der Waals surface area (Å²) in [7, 11) is -3.79. The fourth-order valence-electron chi connectivity index (χ4n) is 3.29. The van der Waals surface area contributed by atoms with E-state index in [9.17, 15) is 17.6 Å². The number of sulfone groups is 1. The molecule has 1 amide bonds. The van der Waals surface area contributed by atoms with E-state index in [-0.39, 0.29) is 30.3 Å². The molecule has 35 heavy (non-hydrogen) atoms. The lowest BCUT2D eigenvalue weighted by molar-refractivity contribution is 0.102. The normalized spacial score (nSPS) is 11.3. The number of benzene rings is 2. The Morgan fingerprint density at radius 1 is 1.09 bits per heavy atom. The second kappa shape index (κ2) is 10.2. The summed E-state index contributed by atoms with van der Waals surface area (Å²) >= 11 is 5.92. The van der Waals surface area contributed by atoms with Crippen molar-refractivity contribution in [3.63, 3.8) is 0 Å². The van der Waals surface area contributed by atoms with Crippen molar-refractivity contribution in [2.75, 3.05) is 16.5 Å². The predicted molar refractivity (Wildman–Crippen MR) is 130 cm³/mol. The topological polar surface area (TPSA) is 105 Å². The molecule has 1 N–H and O–H groups in total. The highest BCUT2D eigenvalue weighted by Crippen LogP contribution is 2.26. The summed E-state index contributed by atoms with van der Waals surface area (Å²) in [5.41, 5.74) is 1.31. The van der Waals surface area contributed by atoms with Crippen molar-refractivity contribution in [3.8, 4) is 0 Å². The molecule has 0 bridgehead atoms. The number of nitrogens with one attached hydrogen (secondary N) is 1.